The standard InChI is InChI=1S/C20H27NO4S2/c1-13(2)11-20(6,18(23)25-19(3,4)5)17(22)21-27(24)16-12-26-15-10-8-7-9-14(15)16/h7-10,12-13H,11H2,1-6H3,(H,21,22)/t20-,27?/m1/s1. The molecule has 0 fully saturated rings. The molecule has 7 heteroatoms. The molecule has 0 spiro atoms. The molecular formula is C20H27NO4S2. The predicted octanol–water partition coefficient (Wildman–Crippen LogP) is 4.43. The summed E-state index contributed by atoms with van der Waals surface area (Å²) in [5.74, 6) is -1.10. The van der Waals surface area contributed by atoms with E-state index in [1.54, 1.807) is 33.1 Å². The van der Waals surface area contributed by atoms with E-state index in [2.05, 4.69) is 4.72 Å². The Kier molecular flexibility index (Phi) is 6.60. The molecule has 1 aromatic carbocycles. The van der Waals surface area contributed by atoms with E-state index < -0.39 is 34.3 Å². The summed E-state index contributed by atoms with van der Waals surface area (Å²) in [6, 6.07) is 7.58. The lowest BCUT2D eigenvalue weighted by atomic mass is 9.81. The number of benzene rings is 1. The van der Waals surface area contributed by atoms with Gasteiger partial charge in [-0.25, -0.2) is 0 Å². The minimum atomic E-state index is -1.75. The van der Waals surface area contributed by atoms with Crippen LogP contribution >= 0.6 is 11.3 Å². The molecule has 0 saturated carbocycles. The molecular weight excluding hydrogens is 382 g/mol. The fourth-order valence-electron chi connectivity index (χ4n) is 2.82. The number of nitrogens with one attached hydrogen (secondary N) is 1. The number of amides is 1. The SMILES string of the molecule is CC(C)C[C@](C)(C(=O)N[S+]([O-])c1csc2ccccc12)C(=O)OC(C)(C)C. The van der Waals surface area contributed by atoms with E-state index in [0.29, 0.717) is 11.3 Å². The molecule has 2 atom stereocenters. The summed E-state index contributed by atoms with van der Waals surface area (Å²) in [5, 5.41) is 2.61. The van der Waals surface area contributed by atoms with Crippen LogP contribution in [0.15, 0.2) is 34.5 Å². The molecule has 0 bridgehead atoms. The molecule has 2 rings (SSSR count). The molecule has 1 N–H and O–H groups in total. The maximum Gasteiger partial charge on any atom is 0.322 e. The second-order valence-electron chi connectivity index (χ2n) is 8.23. The molecule has 2 aromatic rings. The van der Waals surface area contributed by atoms with Crippen molar-refractivity contribution < 1.29 is 18.9 Å². The van der Waals surface area contributed by atoms with E-state index in [4.69, 9.17) is 4.74 Å². The van der Waals surface area contributed by atoms with Crippen LogP contribution in [0.1, 0.15) is 48.0 Å². The van der Waals surface area contributed by atoms with Gasteiger partial charge in [-0.3, -0.25) is 9.59 Å². The van der Waals surface area contributed by atoms with Crippen molar-refractivity contribution in [3.8, 4) is 0 Å². The van der Waals surface area contributed by atoms with Crippen LogP contribution in [0.2, 0.25) is 0 Å². The summed E-state index contributed by atoms with van der Waals surface area (Å²) in [4.78, 5) is 26.3. The highest BCUT2D eigenvalue weighted by molar-refractivity contribution is 7.90. The number of rotatable bonds is 6. The monoisotopic (exact) mass is 409 g/mol. The van der Waals surface area contributed by atoms with Gasteiger partial charge in [-0.2, -0.15) is 4.72 Å². The molecule has 5 nitrogen and oxygen atoms in total. The summed E-state index contributed by atoms with van der Waals surface area (Å²) in [7, 11) is 0. The largest absolute Gasteiger partial charge is 0.588 e. The van der Waals surface area contributed by atoms with E-state index >= 15 is 0 Å². The smallest absolute Gasteiger partial charge is 0.322 e. The van der Waals surface area contributed by atoms with Crippen LogP contribution in [-0.2, 0) is 25.7 Å². The zero-order valence-electron chi connectivity index (χ0n) is 16.6. The van der Waals surface area contributed by atoms with Crippen LogP contribution in [-0.4, -0.2) is 22.0 Å². The minimum Gasteiger partial charge on any atom is -0.588 e. The average Bonchev–Trinajstić information content (AvgIpc) is 2.96. The maximum atomic E-state index is 13.0. The summed E-state index contributed by atoms with van der Waals surface area (Å²) in [5.41, 5.74) is -2.12. The lowest BCUT2D eigenvalue weighted by Gasteiger charge is -2.31. The van der Waals surface area contributed by atoms with E-state index in [-0.39, 0.29) is 5.92 Å². The first-order chi connectivity index (χ1) is 12.4. The Morgan fingerprint density at radius 2 is 1.85 bits per heavy atom. The van der Waals surface area contributed by atoms with Gasteiger partial charge in [-0.15, -0.1) is 11.3 Å². The number of carbonyl (C=O) groups is 2. The molecule has 0 aliphatic heterocycles. The van der Waals surface area contributed by atoms with Crippen molar-refractivity contribution in [3.63, 3.8) is 0 Å². The lowest BCUT2D eigenvalue weighted by molar-refractivity contribution is -0.170. The van der Waals surface area contributed by atoms with Gasteiger partial charge in [0.1, 0.15) is 22.4 Å². The van der Waals surface area contributed by atoms with Gasteiger partial charge in [0, 0.05) is 10.1 Å². The molecule has 148 valence electrons. The Morgan fingerprint density at radius 1 is 1.22 bits per heavy atom. The van der Waals surface area contributed by atoms with Crippen LogP contribution in [0, 0.1) is 11.3 Å². The zero-order chi connectivity index (χ0) is 20.4. The number of thiophene rings is 1. The van der Waals surface area contributed by atoms with Gasteiger partial charge < -0.3 is 9.29 Å². The van der Waals surface area contributed by atoms with Gasteiger partial charge in [0.25, 0.3) is 5.91 Å². The second kappa shape index (κ2) is 8.20. The fourth-order valence-corrected chi connectivity index (χ4v) is 5.09. The van der Waals surface area contributed by atoms with Crippen molar-refractivity contribution in [3.05, 3.63) is 29.6 Å². The van der Waals surface area contributed by atoms with Crippen molar-refractivity contribution >= 4 is 44.7 Å². The summed E-state index contributed by atoms with van der Waals surface area (Å²) < 4.78 is 21.8. The Hall–Kier alpha value is -1.57. The second-order valence-corrected chi connectivity index (χ2v) is 10.3. The normalized spacial score (nSPS) is 15.4. The molecule has 27 heavy (non-hydrogen) atoms. The van der Waals surface area contributed by atoms with E-state index in [1.807, 2.05) is 38.1 Å². The Balaban J connectivity index is 2.25. The van der Waals surface area contributed by atoms with E-state index in [9.17, 15) is 14.1 Å². The lowest BCUT2D eigenvalue weighted by Crippen LogP contribution is -2.49. The van der Waals surface area contributed by atoms with Crippen molar-refractivity contribution in [2.45, 2.75) is 58.5 Å². The molecule has 0 radical (unpaired) electrons. The quantitative estimate of drug-likeness (QED) is 0.435. The summed E-state index contributed by atoms with van der Waals surface area (Å²) in [6.07, 6.45) is 0.301. The molecule has 1 heterocycles. The van der Waals surface area contributed by atoms with Gasteiger partial charge >= 0.3 is 5.97 Å². The number of ether oxygens (including phenoxy) is 1. The van der Waals surface area contributed by atoms with Crippen molar-refractivity contribution in [1.29, 1.82) is 0 Å². The number of hydrogen-bond donors (Lipinski definition) is 1. The highest BCUT2D eigenvalue weighted by Crippen LogP contribution is 2.33. The average molecular weight is 410 g/mol. The number of fused-ring (bicyclic) bond motifs is 1. The maximum absolute atomic E-state index is 13.0. The topological polar surface area (TPSA) is 78.5 Å². The third-order valence-electron chi connectivity index (χ3n) is 4.00. The van der Waals surface area contributed by atoms with Gasteiger partial charge in [0.05, 0.1) is 5.39 Å². The first-order valence-corrected chi connectivity index (χ1v) is 10.9. The molecule has 1 aromatic heterocycles. The zero-order valence-corrected chi connectivity index (χ0v) is 18.3. The van der Waals surface area contributed by atoms with Crippen molar-refractivity contribution in [2.24, 2.45) is 11.3 Å². The van der Waals surface area contributed by atoms with Crippen LogP contribution in [0.3, 0.4) is 0 Å². The van der Waals surface area contributed by atoms with Crippen LogP contribution in [0.25, 0.3) is 10.1 Å². The van der Waals surface area contributed by atoms with Gasteiger partial charge in [0.2, 0.25) is 0 Å². The Bertz CT molecular complexity index is 825. The van der Waals surface area contributed by atoms with Crippen LogP contribution in [0.4, 0.5) is 0 Å². The van der Waals surface area contributed by atoms with Gasteiger partial charge in [-0.1, -0.05) is 26.0 Å². The highest BCUT2D eigenvalue weighted by atomic mass is 32.2. The molecule has 1 amide bonds. The molecule has 0 aliphatic rings. The van der Waals surface area contributed by atoms with E-state index in [1.165, 1.54) is 11.3 Å². The third kappa shape index (κ3) is 5.24. The van der Waals surface area contributed by atoms with Crippen LogP contribution in [0.5, 0.6) is 0 Å². The number of hydrogen-bond acceptors (Lipinski definition) is 5. The van der Waals surface area contributed by atoms with Crippen LogP contribution < -0.4 is 4.72 Å². The number of carbonyl (C=O) groups excluding carboxylic acids is 2. The van der Waals surface area contributed by atoms with Crippen molar-refractivity contribution in [1.82, 2.24) is 4.72 Å². The predicted molar refractivity (Wildman–Crippen MR) is 110 cm³/mol. The molecule has 1 unspecified atom stereocenters. The first kappa shape index (κ1) is 21.7. The third-order valence-corrected chi connectivity index (χ3v) is 6.22. The highest BCUT2D eigenvalue weighted by Gasteiger charge is 2.46. The minimum absolute atomic E-state index is 0.0867. The van der Waals surface area contributed by atoms with Crippen molar-refractivity contribution in [2.75, 3.05) is 0 Å². The summed E-state index contributed by atoms with van der Waals surface area (Å²) >= 11 is -0.289. The Morgan fingerprint density at radius 3 is 2.44 bits per heavy atom. The fraction of sp³-hybridized carbons (Fsp3) is 0.500. The Labute approximate surface area is 167 Å². The van der Waals surface area contributed by atoms with E-state index in [0.717, 1.165) is 10.1 Å². The molecule has 0 saturated heterocycles. The van der Waals surface area contributed by atoms with Gasteiger partial charge in [-0.05, 0) is 52.2 Å². The van der Waals surface area contributed by atoms with Gasteiger partial charge in [0.15, 0.2) is 4.90 Å². The first-order valence-electron chi connectivity index (χ1n) is 8.86. The molecule has 0 aliphatic carbocycles. The number of esters is 1. The summed E-state index contributed by atoms with van der Waals surface area (Å²) in [6.45, 7) is 10.7.